The maximum Gasteiger partial charge on any atom is 0.241 e. The van der Waals surface area contributed by atoms with Crippen molar-refractivity contribution in [3.05, 3.63) is 41.4 Å². The van der Waals surface area contributed by atoms with Crippen LogP contribution in [0.5, 0.6) is 0 Å². The quantitative estimate of drug-likeness (QED) is 0.865. The lowest BCUT2D eigenvalue weighted by Gasteiger charge is -2.10. The van der Waals surface area contributed by atoms with E-state index in [1.165, 1.54) is 6.08 Å². The molecular formula is C10H12BrNO2S. The fourth-order valence-electron chi connectivity index (χ4n) is 0.995. The number of hydrogen-bond donors (Lipinski definition) is 1. The van der Waals surface area contributed by atoms with Crippen molar-refractivity contribution in [3.63, 3.8) is 0 Å². The number of hydrogen-bond acceptors (Lipinski definition) is 2. The molecule has 5 heteroatoms. The first-order chi connectivity index (χ1) is 6.95. The van der Waals surface area contributed by atoms with Crippen molar-refractivity contribution in [3.8, 4) is 0 Å². The highest BCUT2D eigenvalue weighted by Crippen LogP contribution is 2.16. The first kappa shape index (κ1) is 12.4. The molecule has 0 fully saturated rings. The summed E-state index contributed by atoms with van der Waals surface area (Å²) >= 11 is 3.23. The summed E-state index contributed by atoms with van der Waals surface area (Å²) in [5, 5.41) is 0. The molecule has 3 nitrogen and oxygen atoms in total. The average molecular weight is 290 g/mol. The molecule has 82 valence electrons. The van der Waals surface area contributed by atoms with Gasteiger partial charge < -0.3 is 0 Å². The Bertz CT molecular complexity index is 456. The monoisotopic (exact) mass is 289 g/mol. The van der Waals surface area contributed by atoms with Crippen molar-refractivity contribution in [1.29, 1.82) is 0 Å². The third kappa shape index (κ3) is 3.44. The van der Waals surface area contributed by atoms with Gasteiger partial charge in [-0.15, -0.1) is 6.58 Å². The second-order valence-corrected chi connectivity index (χ2v) is 5.73. The normalized spacial score (nSPS) is 13.5. The molecule has 0 amide bonds. The minimum Gasteiger partial charge on any atom is -0.207 e. The van der Waals surface area contributed by atoms with E-state index in [4.69, 9.17) is 0 Å². The Kier molecular flexibility index (Phi) is 4.07. The third-order valence-corrected chi connectivity index (χ3v) is 3.85. The highest BCUT2D eigenvalue weighted by molar-refractivity contribution is 9.10. The lowest BCUT2D eigenvalue weighted by molar-refractivity contribution is 0.576. The summed E-state index contributed by atoms with van der Waals surface area (Å²) in [6.07, 6.45) is 1.54. The van der Waals surface area contributed by atoms with Crippen LogP contribution >= 0.6 is 15.9 Å². The number of rotatable bonds is 4. The van der Waals surface area contributed by atoms with Crippen molar-refractivity contribution in [2.45, 2.75) is 17.9 Å². The average Bonchev–Trinajstić information content (AvgIpc) is 2.17. The molecule has 0 bridgehead atoms. The molecule has 0 radical (unpaired) electrons. The van der Waals surface area contributed by atoms with Gasteiger partial charge in [0.25, 0.3) is 0 Å². The van der Waals surface area contributed by atoms with Gasteiger partial charge in [0.1, 0.15) is 0 Å². The van der Waals surface area contributed by atoms with Crippen LogP contribution in [-0.2, 0) is 10.0 Å². The van der Waals surface area contributed by atoms with E-state index in [0.717, 1.165) is 4.47 Å². The fraction of sp³-hybridized carbons (Fsp3) is 0.200. The molecule has 1 atom stereocenters. The summed E-state index contributed by atoms with van der Waals surface area (Å²) in [4.78, 5) is 0.241. The molecule has 0 heterocycles. The van der Waals surface area contributed by atoms with Gasteiger partial charge in [0, 0.05) is 10.5 Å². The van der Waals surface area contributed by atoms with E-state index in [2.05, 4.69) is 27.2 Å². The van der Waals surface area contributed by atoms with Crippen molar-refractivity contribution in [2.24, 2.45) is 0 Å². The molecule has 1 N–H and O–H groups in total. The highest BCUT2D eigenvalue weighted by atomic mass is 79.9. The molecule has 0 saturated carbocycles. The summed E-state index contributed by atoms with van der Waals surface area (Å²) in [5.41, 5.74) is 0. The van der Waals surface area contributed by atoms with Crippen LogP contribution in [0.25, 0.3) is 0 Å². The molecule has 1 rings (SSSR count). The van der Waals surface area contributed by atoms with E-state index in [1.807, 2.05) is 0 Å². The maximum atomic E-state index is 11.8. The van der Waals surface area contributed by atoms with Crippen molar-refractivity contribution >= 4 is 26.0 Å². The van der Waals surface area contributed by atoms with Gasteiger partial charge in [-0.25, -0.2) is 13.1 Å². The lowest BCUT2D eigenvalue weighted by atomic mass is 10.4. The fourth-order valence-corrected chi connectivity index (χ4v) is 2.81. The molecule has 0 aliphatic heterocycles. The van der Waals surface area contributed by atoms with Gasteiger partial charge in [-0.05, 0) is 25.1 Å². The number of halogens is 1. The topological polar surface area (TPSA) is 46.2 Å². The van der Waals surface area contributed by atoms with Crippen LogP contribution in [0.3, 0.4) is 0 Å². The number of benzene rings is 1. The molecule has 0 spiro atoms. The Hall–Kier alpha value is -0.650. The Labute approximate surface area is 98.4 Å². The van der Waals surface area contributed by atoms with E-state index >= 15 is 0 Å². The van der Waals surface area contributed by atoms with Crippen molar-refractivity contribution < 1.29 is 8.42 Å². The van der Waals surface area contributed by atoms with Crippen LogP contribution in [-0.4, -0.2) is 14.5 Å². The summed E-state index contributed by atoms with van der Waals surface area (Å²) in [7, 11) is -3.45. The van der Waals surface area contributed by atoms with Gasteiger partial charge in [-0.3, -0.25) is 0 Å². The first-order valence-electron chi connectivity index (χ1n) is 4.36. The van der Waals surface area contributed by atoms with Crippen LogP contribution in [0.1, 0.15) is 6.92 Å². The molecule has 15 heavy (non-hydrogen) atoms. The lowest BCUT2D eigenvalue weighted by Crippen LogP contribution is -2.30. The SMILES string of the molecule is C=CC(C)NS(=O)(=O)c1cccc(Br)c1. The molecule has 1 aromatic carbocycles. The van der Waals surface area contributed by atoms with Crippen molar-refractivity contribution in [1.82, 2.24) is 4.72 Å². The minimum atomic E-state index is -3.45. The van der Waals surface area contributed by atoms with E-state index < -0.39 is 10.0 Å². The largest absolute Gasteiger partial charge is 0.241 e. The minimum absolute atomic E-state index is 0.241. The van der Waals surface area contributed by atoms with E-state index in [9.17, 15) is 8.42 Å². The Morgan fingerprint density at radius 3 is 2.73 bits per heavy atom. The molecule has 0 saturated heterocycles. The van der Waals surface area contributed by atoms with Crippen LogP contribution in [0.2, 0.25) is 0 Å². The standard InChI is InChI=1S/C10H12BrNO2S/c1-3-8(2)12-15(13,14)10-6-4-5-9(11)7-10/h3-8,12H,1H2,2H3. The van der Waals surface area contributed by atoms with E-state index in [0.29, 0.717) is 0 Å². The van der Waals surface area contributed by atoms with E-state index in [-0.39, 0.29) is 10.9 Å². The van der Waals surface area contributed by atoms with Crippen molar-refractivity contribution in [2.75, 3.05) is 0 Å². The van der Waals surface area contributed by atoms with Gasteiger partial charge >= 0.3 is 0 Å². The Morgan fingerprint density at radius 1 is 1.53 bits per heavy atom. The zero-order valence-corrected chi connectivity index (χ0v) is 10.7. The summed E-state index contributed by atoms with van der Waals surface area (Å²) in [6, 6.07) is 6.27. The molecular weight excluding hydrogens is 278 g/mol. The van der Waals surface area contributed by atoms with Crippen LogP contribution in [0.15, 0.2) is 46.3 Å². The maximum absolute atomic E-state index is 11.8. The molecule has 1 aromatic rings. The third-order valence-electron chi connectivity index (χ3n) is 1.80. The molecule has 1 unspecified atom stereocenters. The van der Waals surface area contributed by atoms with Crippen LogP contribution in [0, 0.1) is 0 Å². The summed E-state index contributed by atoms with van der Waals surface area (Å²) in [6.45, 7) is 5.24. The zero-order valence-electron chi connectivity index (χ0n) is 8.27. The van der Waals surface area contributed by atoms with Crippen LogP contribution in [0.4, 0.5) is 0 Å². The Morgan fingerprint density at radius 2 is 2.20 bits per heavy atom. The van der Waals surface area contributed by atoms with Gasteiger partial charge in [-0.1, -0.05) is 28.1 Å². The predicted octanol–water partition coefficient (Wildman–Crippen LogP) is 2.30. The van der Waals surface area contributed by atoms with Gasteiger partial charge in [-0.2, -0.15) is 0 Å². The number of sulfonamides is 1. The van der Waals surface area contributed by atoms with E-state index in [1.54, 1.807) is 31.2 Å². The number of nitrogens with one attached hydrogen (secondary N) is 1. The molecule has 0 aliphatic rings. The Balaban J connectivity index is 3.01. The summed E-state index contributed by atoms with van der Waals surface area (Å²) < 4.78 is 26.8. The molecule has 0 aromatic heterocycles. The second kappa shape index (κ2) is 4.92. The van der Waals surface area contributed by atoms with Gasteiger partial charge in [0.15, 0.2) is 0 Å². The second-order valence-electron chi connectivity index (χ2n) is 3.10. The van der Waals surface area contributed by atoms with Gasteiger partial charge in [0.2, 0.25) is 10.0 Å². The highest BCUT2D eigenvalue weighted by Gasteiger charge is 2.15. The zero-order chi connectivity index (χ0) is 11.5. The summed E-state index contributed by atoms with van der Waals surface area (Å²) in [5.74, 6) is 0. The first-order valence-corrected chi connectivity index (χ1v) is 6.64. The molecule has 0 aliphatic carbocycles. The smallest absolute Gasteiger partial charge is 0.207 e. The van der Waals surface area contributed by atoms with Crippen LogP contribution < -0.4 is 4.72 Å². The predicted molar refractivity (Wildman–Crippen MR) is 64.1 cm³/mol. The van der Waals surface area contributed by atoms with Gasteiger partial charge in [0.05, 0.1) is 4.90 Å².